The van der Waals surface area contributed by atoms with Crippen molar-refractivity contribution in [1.82, 2.24) is 19.6 Å². The maximum atomic E-state index is 12.7. The van der Waals surface area contributed by atoms with Gasteiger partial charge in [-0.15, -0.1) is 0 Å². The number of hydrogen-bond acceptors (Lipinski definition) is 4. The van der Waals surface area contributed by atoms with Crippen molar-refractivity contribution < 1.29 is 9.59 Å². The Bertz CT molecular complexity index is 677. The summed E-state index contributed by atoms with van der Waals surface area (Å²) in [5.74, 6) is 0.699. The van der Waals surface area contributed by atoms with Gasteiger partial charge in [0.05, 0.1) is 29.5 Å². The maximum absolute atomic E-state index is 12.7. The van der Waals surface area contributed by atoms with Crippen LogP contribution in [0.25, 0.3) is 0 Å². The van der Waals surface area contributed by atoms with Crippen LogP contribution in [0.5, 0.6) is 0 Å². The van der Waals surface area contributed by atoms with Gasteiger partial charge in [-0.2, -0.15) is 5.10 Å². The van der Waals surface area contributed by atoms with Gasteiger partial charge in [0, 0.05) is 19.0 Å². The van der Waals surface area contributed by atoms with E-state index < -0.39 is 5.24 Å². The molecule has 0 unspecified atom stereocenters. The van der Waals surface area contributed by atoms with Crippen LogP contribution in [0.2, 0.25) is 0 Å². The molecule has 0 N–H and O–H groups in total. The molecule has 7 heteroatoms. The summed E-state index contributed by atoms with van der Waals surface area (Å²) in [7, 11) is 2.04. The molecule has 1 saturated carbocycles. The van der Waals surface area contributed by atoms with Crippen molar-refractivity contribution in [3.63, 3.8) is 0 Å². The highest BCUT2D eigenvalue weighted by atomic mass is 35.5. The molecule has 4 rings (SSSR count). The molecule has 0 spiro atoms. The maximum Gasteiger partial charge on any atom is 0.255 e. The van der Waals surface area contributed by atoms with Crippen LogP contribution in [0.1, 0.15) is 66.5 Å². The standard InChI is InChI=1S/C18H25ClN4O2/c1-21-8-2-3-15(21)18(25)22-9-6-13(7-10-22)23-16(12-4-5-12)14(11-20-23)17(19)24/h11-13,15H,2-10H2,1H3/t15-/m0/s1. The summed E-state index contributed by atoms with van der Waals surface area (Å²) in [4.78, 5) is 28.6. The second-order valence-corrected chi connectivity index (χ2v) is 7.97. The number of likely N-dealkylation sites (tertiary alicyclic amines) is 2. The third-order valence-corrected chi connectivity index (χ3v) is 6.14. The Labute approximate surface area is 153 Å². The predicted molar refractivity (Wildman–Crippen MR) is 94.9 cm³/mol. The average Bonchev–Trinajstić information content (AvgIpc) is 3.20. The van der Waals surface area contributed by atoms with E-state index in [0.717, 1.165) is 63.9 Å². The fourth-order valence-electron chi connectivity index (χ4n) is 4.34. The zero-order chi connectivity index (χ0) is 17.6. The number of likely N-dealkylation sites (N-methyl/N-ethyl adjacent to an activating group) is 1. The monoisotopic (exact) mass is 364 g/mol. The zero-order valence-corrected chi connectivity index (χ0v) is 15.4. The Morgan fingerprint density at radius 1 is 1.12 bits per heavy atom. The van der Waals surface area contributed by atoms with Gasteiger partial charge in [0.25, 0.3) is 5.24 Å². The molecule has 0 bridgehead atoms. The van der Waals surface area contributed by atoms with Crippen LogP contribution >= 0.6 is 11.6 Å². The topological polar surface area (TPSA) is 58.4 Å². The molecular weight excluding hydrogens is 340 g/mol. The van der Waals surface area contributed by atoms with Gasteiger partial charge in [-0.1, -0.05) is 0 Å². The summed E-state index contributed by atoms with van der Waals surface area (Å²) < 4.78 is 2.02. The number of aromatic nitrogens is 2. The average molecular weight is 365 g/mol. The lowest BCUT2D eigenvalue weighted by molar-refractivity contribution is -0.136. The van der Waals surface area contributed by atoms with E-state index in [1.807, 2.05) is 16.6 Å². The minimum absolute atomic E-state index is 0.0590. The van der Waals surface area contributed by atoms with E-state index in [1.54, 1.807) is 6.20 Å². The largest absolute Gasteiger partial charge is 0.341 e. The number of nitrogens with zero attached hydrogens (tertiary/aromatic N) is 4. The van der Waals surface area contributed by atoms with Gasteiger partial charge >= 0.3 is 0 Å². The van der Waals surface area contributed by atoms with Crippen LogP contribution in [-0.4, -0.2) is 63.5 Å². The summed E-state index contributed by atoms with van der Waals surface area (Å²) in [6.07, 6.45) is 7.69. The van der Waals surface area contributed by atoms with Gasteiger partial charge in [-0.25, -0.2) is 0 Å². The molecule has 0 aromatic carbocycles. The summed E-state index contributed by atoms with van der Waals surface area (Å²) >= 11 is 5.73. The Morgan fingerprint density at radius 2 is 1.84 bits per heavy atom. The lowest BCUT2D eigenvalue weighted by Crippen LogP contribution is -2.47. The highest BCUT2D eigenvalue weighted by molar-refractivity contribution is 6.67. The van der Waals surface area contributed by atoms with E-state index in [2.05, 4.69) is 10.00 Å². The molecule has 1 aromatic heterocycles. The molecule has 3 heterocycles. The third kappa shape index (κ3) is 3.22. The Hall–Kier alpha value is -1.40. The fraction of sp³-hybridized carbons (Fsp3) is 0.722. The minimum Gasteiger partial charge on any atom is -0.341 e. The van der Waals surface area contributed by atoms with Gasteiger partial charge in [-0.05, 0) is 63.7 Å². The molecule has 1 atom stereocenters. The van der Waals surface area contributed by atoms with Crippen LogP contribution in [0.4, 0.5) is 0 Å². The highest BCUT2D eigenvalue weighted by Crippen LogP contribution is 2.43. The molecule has 2 aliphatic heterocycles. The number of halogens is 1. The molecule has 2 saturated heterocycles. The number of carbonyl (C=O) groups is 2. The molecule has 25 heavy (non-hydrogen) atoms. The Balaban J connectivity index is 1.44. The van der Waals surface area contributed by atoms with Crippen LogP contribution < -0.4 is 0 Å². The lowest BCUT2D eigenvalue weighted by Gasteiger charge is -2.35. The number of carbonyl (C=O) groups excluding carboxylic acids is 2. The summed E-state index contributed by atoms with van der Waals surface area (Å²) in [6.45, 7) is 2.55. The first-order chi connectivity index (χ1) is 12.1. The van der Waals surface area contributed by atoms with E-state index >= 15 is 0 Å². The lowest BCUT2D eigenvalue weighted by atomic mass is 10.0. The first-order valence-corrected chi connectivity index (χ1v) is 9.70. The normalized spacial score (nSPS) is 25.5. The number of hydrogen-bond donors (Lipinski definition) is 0. The van der Waals surface area contributed by atoms with Crippen LogP contribution in [-0.2, 0) is 4.79 Å². The van der Waals surface area contributed by atoms with Gasteiger partial charge in [-0.3, -0.25) is 19.2 Å². The SMILES string of the molecule is CN1CCC[C@H]1C(=O)N1CCC(n2ncc(C(=O)Cl)c2C2CC2)CC1. The molecule has 1 aromatic rings. The predicted octanol–water partition coefficient (Wildman–Crippen LogP) is 2.40. The van der Waals surface area contributed by atoms with E-state index in [9.17, 15) is 9.59 Å². The van der Waals surface area contributed by atoms with Crippen molar-refractivity contribution >= 4 is 22.8 Å². The number of piperidine rings is 1. The first kappa shape index (κ1) is 17.0. The summed E-state index contributed by atoms with van der Waals surface area (Å²) in [5, 5.41) is 4.07. The Morgan fingerprint density at radius 3 is 2.40 bits per heavy atom. The third-order valence-electron chi connectivity index (χ3n) is 5.94. The smallest absolute Gasteiger partial charge is 0.255 e. The molecule has 1 aliphatic carbocycles. The van der Waals surface area contributed by atoms with Gasteiger partial charge in [0.15, 0.2) is 0 Å². The van der Waals surface area contributed by atoms with Crippen molar-refractivity contribution in [3.8, 4) is 0 Å². The van der Waals surface area contributed by atoms with Gasteiger partial charge < -0.3 is 4.90 Å². The van der Waals surface area contributed by atoms with E-state index in [4.69, 9.17) is 11.6 Å². The quantitative estimate of drug-likeness (QED) is 0.770. The molecule has 3 aliphatic rings. The molecular formula is C18H25ClN4O2. The van der Waals surface area contributed by atoms with Crippen LogP contribution in [0.3, 0.4) is 0 Å². The van der Waals surface area contributed by atoms with E-state index in [1.165, 1.54) is 0 Å². The highest BCUT2D eigenvalue weighted by Gasteiger charge is 2.37. The van der Waals surface area contributed by atoms with Crippen LogP contribution in [0, 0.1) is 0 Å². The van der Waals surface area contributed by atoms with E-state index in [0.29, 0.717) is 11.5 Å². The Kier molecular flexibility index (Phi) is 4.58. The van der Waals surface area contributed by atoms with Crippen molar-refractivity contribution in [2.45, 2.75) is 56.5 Å². The molecule has 1 amide bonds. The minimum atomic E-state index is -0.412. The fourth-order valence-corrected chi connectivity index (χ4v) is 4.49. The number of rotatable bonds is 4. The number of amides is 1. The van der Waals surface area contributed by atoms with Crippen molar-refractivity contribution in [2.75, 3.05) is 26.7 Å². The summed E-state index contributed by atoms with van der Waals surface area (Å²) in [5.41, 5.74) is 1.58. The molecule has 3 fully saturated rings. The molecule has 6 nitrogen and oxygen atoms in total. The summed E-state index contributed by atoms with van der Waals surface area (Å²) in [6, 6.07) is 0.314. The van der Waals surface area contributed by atoms with Gasteiger partial charge in [0.2, 0.25) is 5.91 Å². The first-order valence-electron chi connectivity index (χ1n) is 9.32. The molecule has 0 radical (unpaired) electrons. The van der Waals surface area contributed by atoms with Crippen molar-refractivity contribution in [1.29, 1.82) is 0 Å². The van der Waals surface area contributed by atoms with Gasteiger partial charge in [0.1, 0.15) is 0 Å². The molecule has 136 valence electrons. The van der Waals surface area contributed by atoms with Crippen LogP contribution in [0.15, 0.2) is 6.20 Å². The zero-order valence-electron chi connectivity index (χ0n) is 14.7. The van der Waals surface area contributed by atoms with E-state index in [-0.39, 0.29) is 18.0 Å². The van der Waals surface area contributed by atoms with Crippen molar-refractivity contribution in [2.24, 2.45) is 0 Å². The second kappa shape index (κ2) is 6.72. The van der Waals surface area contributed by atoms with Crippen molar-refractivity contribution in [3.05, 3.63) is 17.5 Å². The second-order valence-electron chi connectivity index (χ2n) is 7.63.